The number of allylic oxidation sites excluding steroid dienone is 1. The van der Waals surface area contributed by atoms with Crippen molar-refractivity contribution in [2.24, 2.45) is 0 Å². The fourth-order valence-corrected chi connectivity index (χ4v) is 3.93. The van der Waals surface area contributed by atoms with Crippen molar-refractivity contribution in [3.8, 4) is 0 Å². The Balaban J connectivity index is 2.20. The van der Waals surface area contributed by atoms with Crippen LogP contribution in [0.4, 0.5) is 0 Å². The highest BCUT2D eigenvalue weighted by molar-refractivity contribution is 7.12. The quantitative estimate of drug-likeness (QED) is 0.764. The van der Waals surface area contributed by atoms with Crippen molar-refractivity contribution in [2.45, 2.75) is 58.4 Å². The molecule has 0 aliphatic heterocycles. The molecule has 0 fully saturated rings. The fraction of sp³-hybridized carbons (Fsp3) is 0.625. The standard InChI is InChI=1S/C16H25NS/c1-12-11-15(18-13(12)2)16(17-3)14-9-7-5-4-6-8-10-14/h9,11,16-17H,4-8,10H2,1-3H3. The van der Waals surface area contributed by atoms with Crippen molar-refractivity contribution < 1.29 is 0 Å². The lowest BCUT2D eigenvalue weighted by molar-refractivity contribution is 0.577. The summed E-state index contributed by atoms with van der Waals surface area (Å²) in [4.78, 5) is 2.94. The molecule has 0 bridgehead atoms. The fourth-order valence-electron chi connectivity index (χ4n) is 2.73. The third-order valence-electron chi connectivity index (χ3n) is 3.96. The molecule has 0 saturated carbocycles. The summed E-state index contributed by atoms with van der Waals surface area (Å²) in [6, 6.07) is 2.81. The molecule has 1 heterocycles. The Morgan fingerprint density at radius 2 is 1.94 bits per heavy atom. The molecule has 1 aliphatic carbocycles. The molecule has 2 rings (SSSR count). The predicted octanol–water partition coefficient (Wildman–Crippen LogP) is 4.91. The molecule has 0 saturated heterocycles. The maximum absolute atomic E-state index is 3.52. The summed E-state index contributed by atoms with van der Waals surface area (Å²) >= 11 is 1.95. The minimum Gasteiger partial charge on any atom is -0.309 e. The van der Waals surface area contributed by atoms with Crippen LogP contribution >= 0.6 is 11.3 Å². The number of thiophene rings is 1. The van der Waals surface area contributed by atoms with Gasteiger partial charge in [-0.05, 0) is 58.2 Å². The van der Waals surface area contributed by atoms with Crippen molar-refractivity contribution in [2.75, 3.05) is 7.05 Å². The molecule has 1 aromatic heterocycles. The van der Waals surface area contributed by atoms with Crippen LogP contribution in [-0.2, 0) is 0 Å². The van der Waals surface area contributed by atoms with Crippen LogP contribution in [-0.4, -0.2) is 7.05 Å². The van der Waals surface area contributed by atoms with E-state index in [1.54, 1.807) is 5.57 Å². The number of nitrogens with one attached hydrogen (secondary N) is 1. The lowest BCUT2D eigenvalue weighted by atomic mass is 9.94. The van der Waals surface area contributed by atoms with Gasteiger partial charge >= 0.3 is 0 Å². The maximum Gasteiger partial charge on any atom is 0.0628 e. The highest BCUT2D eigenvalue weighted by Crippen LogP contribution is 2.33. The molecule has 2 heteroatoms. The van der Waals surface area contributed by atoms with Crippen LogP contribution in [0, 0.1) is 13.8 Å². The van der Waals surface area contributed by atoms with Crippen molar-refractivity contribution in [3.63, 3.8) is 0 Å². The zero-order chi connectivity index (χ0) is 13.0. The van der Waals surface area contributed by atoms with E-state index in [0.717, 1.165) is 0 Å². The van der Waals surface area contributed by atoms with Crippen molar-refractivity contribution in [1.82, 2.24) is 5.32 Å². The second kappa shape index (κ2) is 6.53. The van der Waals surface area contributed by atoms with Gasteiger partial charge in [-0.3, -0.25) is 0 Å². The van der Waals surface area contributed by atoms with Crippen LogP contribution in [0.3, 0.4) is 0 Å². The minimum absolute atomic E-state index is 0.445. The van der Waals surface area contributed by atoms with Gasteiger partial charge in [0.2, 0.25) is 0 Å². The molecule has 0 radical (unpaired) electrons. The molecular formula is C16H25NS. The molecule has 0 aromatic carbocycles. The van der Waals surface area contributed by atoms with Crippen LogP contribution in [0.5, 0.6) is 0 Å². The molecule has 1 atom stereocenters. The van der Waals surface area contributed by atoms with Crippen LogP contribution in [0.15, 0.2) is 17.7 Å². The first-order valence-corrected chi connectivity index (χ1v) is 7.97. The van der Waals surface area contributed by atoms with E-state index in [-0.39, 0.29) is 0 Å². The van der Waals surface area contributed by atoms with E-state index in [4.69, 9.17) is 0 Å². The Bertz CT molecular complexity index is 397. The van der Waals surface area contributed by atoms with E-state index < -0.39 is 0 Å². The normalized spacial score (nSPS) is 18.9. The van der Waals surface area contributed by atoms with Crippen LogP contribution < -0.4 is 5.32 Å². The van der Waals surface area contributed by atoms with Crippen LogP contribution in [0.25, 0.3) is 0 Å². The lowest BCUT2D eigenvalue weighted by Crippen LogP contribution is -2.18. The molecule has 100 valence electrons. The Labute approximate surface area is 115 Å². The summed E-state index contributed by atoms with van der Waals surface area (Å²) in [6.07, 6.45) is 10.5. The molecule has 18 heavy (non-hydrogen) atoms. The van der Waals surface area contributed by atoms with Crippen LogP contribution in [0.1, 0.15) is 59.9 Å². The molecule has 0 amide bonds. The van der Waals surface area contributed by atoms with Gasteiger partial charge in [0, 0.05) is 9.75 Å². The molecule has 1 unspecified atom stereocenters. The monoisotopic (exact) mass is 263 g/mol. The third kappa shape index (κ3) is 3.24. The van der Waals surface area contributed by atoms with Gasteiger partial charge in [0.25, 0.3) is 0 Å². The van der Waals surface area contributed by atoms with Crippen LogP contribution in [0.2, 0.25) is 0 Å². The van der Waals surface area contributed by atoms with Gasteiger partial charge in [0.15, 0.2) is 0 Å². The van der Waals surface area contributed by atoms with Gasteiger partial charge in [0.05, 0.1) is 6.04 Å². The Morgan fingerprint density at radius 1 is 1.17 bits per heavy atom. The molecular weight excluding hydrogens is 238 g/mol. The molecule has 0 spiro atoms. The van der Waals surface area contributed by atoms with E-state index >= 15 is 0 Å². The summed E-state index contributed by atoms with van der Waals surface area (Å²) in [7, 11) is 2.09. The number of aryl methyl sites for hydroxylation is 2. The average molecular weight is 263 g/mol. The topological polar surface area (TPSA) is 12.0 Å². The van der Waals surface area contributed by atoms with Gasteiger partial charge in [-0.25, -0.2) is 0 Å². The summed E-state index contributed by atoms with van der Waals surface area (Å²) in [6.45, 7) is 4.44. The molecule has 1 aliphatic rings. The summed E-state index contributed by atoms with van der Waals surface area (Å²) in [5.74, 6) is 0. The number of hydrogen-bond acceptors (Lipinski definition) is 2. The van der Waals surface area contributed by atoms with E-state index in [1.807, 2.05) is 11.3 Å². The highest BCUT2D eigenvalue weighted by Gasteiger charge is 2.17. The Morgan fingerprint density at radius 3 is 2.61 bits per heavy atom. The smallest absolute Gasteiger partial charge is 0.0628 e. The average Bonchev–Trinajstić information content (AvgIpc) is 2.62. The first-order chi connectivity index (χ1) is 8.72. The molecule has 1 aromatic rings. The molecule has 1 N–H and O–H groups in total. The Kier molecular flexibility index (Phi) is 5.02. The van der Waals surface area contributed by atoms with Gasteiger partial charge in [0.1, 0.15) is 0 Å². The van der Waals surface area contributed by atoms with E-state index in [0.29, 0.717) is 6.04 Å². The van der Waals surface area contributed by atoms with Crippen molar-refractivity contribution in [3.05, 3.63) is 33.0 Å². The second-order valence-corrected chi connectivity index (χ2v) is 6.63. The highest BCUT2D eigenvalue weighted by atomic mass is 32.1. The van der Waals surface area contributed by atoms with Gasteiger partial charge in [-0.2, -0.15) is 0 Å². The largest absolute Gasteiger partial charge is 0.309 e. The van der Waals surface area contributed by atoms with E-state index in [9.17, 15) is 0 Å². The van der Waals surface area contributed by atoms with Crippen molar-refractivity contribution in [1.29, 1.82) is 0 Å². The molecule has 1 nitrogen and oxygen atoms in total. The van der Waals surface area contributed by atoms with Gasteiger partial charge in [-0.15, -0.1) is 11.3 Å². The summed E-state index contributed by atoms with van der Waals surface area (Å²) < 4.78 is 0. The van der Waals surface area contributed by atoms with E-state index in [1.165, 1.54) is 53.8 Å². The van der Waals surface area contributed by atoms with E-state index in [2.05, 4.69) is 38.4 Å². The first-order valence-electron chi connectivity index (χ1n) is 7.15. The van der Waals surface area contributed by atoms with Gasteiger partial charge < -0.3 is 5.32 Å². The lowest BCUT2D eigenvalue weighted by Gasteiger charge is -2.20. The van der Waals surface area contributed by atoms with Crippen molar-refractivity contribution >= 4 is 11.3 Å². The van der Waals surface area contributed by atoms with Gasteiger partial charge in [-0.1, -0.05) is 24.5 Å². The summed E-state index contributed by atoms with van der Waals surface area (Å²) in [5, 5.41) is 3.52. The first kappa shape index (κ1) is 13.8. The zero-order valence-corrected chi connectivity index (χ0v) is 12.7. The minimum atomic E-state index is 0.445. The number of rotatable bonds is 3. The maximum atomic E-state index is 3.52. The third-order valence-corrected chi connectivity index (χ3v) is 5.17. The zero-order valence-electron chi connectivity index (χ0n) is 11.9. The number of hydrogen-bond donors (Lipinski definition) is 1. The predicted molar refractivity (Wildman–Crippen MR) is 81.4 cm³/mol. The SMILES string of the molecule is CNC(C1=CCCCCCC1)c1cc(C)c(C)s1. The summed E-state index contributed by atoms with van der Waals surface area (Å²) in [5.41, 5.74) is 3.04. The second-order valence-electron chi connectivity index (χ2n) is 5.34. The number of likely N-dealkylation sites (N-methyl/N-ethyl adjacent to an activating group) is 1. The Hall–Kier alpha value is -0.600.